The van der Waals surface area contributed by atoms with Crippen LogP contribution in [0, 0.1) is 32.4 Å². The average molecular weight is 279 g/mol. The molecule has 0 fully saturated rings. The molecule has 0 aliphatic carbocycles. The van der Waals surface area contributed by atoms with Gasteiger partial charge >= 0.3 is 0 Å². The number of nitrogens with two attached hydrogens (primary N) is 1. The summed E-state index contributed by atoms with van der Waals surface area (Å²) in [7, 11) is 0. The van der Waals surface area contributed by atoms with Crippen molar-refractivity contribution in [2.24, 2.45) is 5.84 Å². The highest BCUT2D eigenvalue weighted by Crippen LogP contribution is 2.28. The van der Waals surface area contributed by atoms with Crippen molar-refractivity contribution in [3.63, 3.8) is 0 Å². The lowest BCUT2D eigenvalue weighted by Crippen LogP contribution is -2.13. The summed E-state index contributed by atoms with van der Waals surface area (Å²) in [5, 5.41) is 2.67. The molecule has 1 aromatic carbocycles. The van der Waals surface area contributed by atoms with Crippen molar-refractivity contribution in [1.29, 1.82) is 0 Å². The van der Waals surface area contributed by atoms with E-state index in [1.54, 1.807) is 20.8 Å². The molecule has 0 aliphatic rings. The number of hydrogen-bond donors (Lipinski definition) is 3. The molecule has 2 aromatic rings. The molecule has 5 nitrogen and oxygen atoms in total. The first-order chi connectivity index (χ1) is 9.43. The van der Waals surface area contributed by atoms with Gasteiger partial charge in [0, 0.05) is 5.56 Å². The van der Waals surface area contributed by atoms with Crippen LogP contribution in [-0.2, 0) is 0 Å². The number of nitrogen functional groups attached to an aromatic ring is 1. The van der Waals surface area contributed by atoms with Crippen LogP contribution in [0.2, 0.25) is 0 Å². The van der Waals surface area contributed by atoms with Gasteiger partial charge in [0.25, 0.3) is 0 Å². The third-order valence-corrected chi connectivity index (χ3v) is 2.92. The van der Waals surface area contributed by atoms with E-state index in [2.05, 4.69) is 20.7 Å². The Bertz CT molecular complexity index is 658. The summed E-state index contributed by atoms with van der Waals surface area (Å²) in [6.07, 6.45) is 0. The number of hydrazine groups is 1. The van der Waals surface area contributed by atoms with E-state index in [4.69, 9.17) is 5.84 Å². The molecule has 0 unspecified atom stereocenters. The highest BCUT2D eigenvalue weighted by Gasteiger charge is 2.15. The summed E-state index contributed by atoms with van der Waals surface area (Å²) < 4.78 is 27.7. The van der Waals surface area contributed by atoms with Gasteiger partial charge in [-0.3, -0.25) is 0 Å². The fourth-order valence-electron chi connectivity index (χ4n) is 1.78. The van der Waals surface area contributed by atoms with Crippen LogP contribution in [0.15, 0.2) is 12.1 Å². The highest BCUT2D eigenvalue weighted by molar-refractivity contribution is 5.65. The number of anilines is 3. The molecule has 1 heterocycles. The molecule has 7 heteroatoms. The van der Waals surface area contributed by atoms with Gasteiger partial charge in [-0.25, -0.2) is 24.6 Å². The molecular formula is C13H15F2N5. The van der Waals surface area contributed by atoms with Crippen molar-refractivity contribution in [3.8, 4) is 0 Å². The van der Waals surface area contributed by atoms with Crippen molar-refractivity contribution in [2.45, 2.75) is 20.8 Å². The van der Waals surface area contributed by atoms with Crippen LogP contribution in [-0.4, -0.2) is 9.97 Å². The lowest BCUT2D eigenvalue weighted by molar-refractivity contribution is 0.584. The molecule has 0 spiro atoms. The largest absolute Gasteiger partial charge is 0.335 e. The number of aryl methyl sites for hydroxylation is 2. The minimum Gasteiger partial charge on any atom is -0.335 e. The predicted molar refractivity (Wildman–Crippen MR) is 73.7 cm³/mol. The normalized spacial score (nSPS) is 10.5. The Balaban J connectivity index is 2.50. The number of rotatable bonds is 3. The van der Waals surface area contributed by atoms with Crippen LogP contribution in [0.4, 0.5) is 26.1 Å². The van der Waals surface area contributed by atoms with Crippen LogP contribution in [0.25, 0.3) is 0 Å². The molecule has 0 bridgehead atoms. The standard InChI is InChI=1S/C13H15F2N5/c1-6-4-5-9(14)11(10(6)15)19-12-7(2)13(20-16)18-8(3)17-12/h4-5H,16H2,1-3H3,(H2,17,18,19,20). The monoisotopic (exact) mass is 279 g/mol. The molecule has 20 heavy (non-hydrogen) atoms. The Morgan fingerprint density at radius 1 is 1.05 bits per heavy atom. The minimum atomic E-state index is -0.689. The first-order valence-corrected chi connectivity index (χ1v) is 5.97. The van der Waals surface area contributed by atoms with E-state index in [-0.39, 0.29) is 5.69 Å². The summed E-state index contributed by atoms with van der Waals surface area (Å²) in [5.41, 5.74) is 3.09. The topological polar surface area (TPSA) is 75.9 Å². The number of halogens is 2. The summed E-state index contributed by atoms with van der Waals surface area (Å²) >= 11 is 0. The number of nitrogens with zero attached hydrogens (tertiary/aromatic N) is 2. The van der Waals surface area contributed by atoms with E-state index in [0.717, 1.165) is 0 Å². The highest BCUT2D eigenvalue weighted by atomic mass is 19.1. The summed E-state index contributed by atoms with van der Waals surface area (Å²) in [5.74, 6) is 5.14. The summed E-state index contributed by atoms with van der Waals surface area (Å²) in [6, 6.07) is 2.58. The van der Waals surface area contributed by atoms with Crippen LogP contribution >= 0.6 is 0 Å². The quantitative estimate of drug-likeness (QED) is 0.595. The fourth-order valence-corrected chi connectivity index (χ4v) is 1.78. The van der Waals surface area contributed by atoms with Crippen LogP contribution in [0.1, 0.15) is 17.0 Å². The first-order valence-electron chi connectivity index (χ1n) is 5.97. The van der Waals surface area contributed by atoms with Gasteiger partial charge in [-0.15, -0.1) is 0 Å². The third kappa shape index (κ3) is 2.53. The van der Waals surface area contributed by atoms with Crippen molar-refractivity contribution in [2.75, 3.05) is 10.7 Å². The third-order valence-electron chi connectivity index (χ3n) is 2.92. The maximum atomic E-state index is 14.0. The van der Waals surface area contributed by atoms with Gasteiger partial charge in [-0.05, 0) is 32.4 Å². The van der Waals surface area contributed by atoms with Crippen LogP contribution in [0.5, 0.6) is 0 Å². The van der Waals surface area contributed by atoms with E-state index in [0.29, 0.717) is 28.6 Å². The molecule has 2 rings (SSSR count). The Labute approximate surface area is 115 Å². The maximum absolute atomic E-state index is 14.0. The van der Waals surface area contributed by atoms with E-state index in [9.17, 15) is 8.78 Å². The lowest BCUT2D eigenvalue weighted by Gasteiger charge is -2.14. The number of hydrogen-bond acceptors (Lipinski definition) is 5. The molecule has 1 aromatic heterocycles. The van der Waals surface area contributed by atoms with Gasteiger partial charge in [0.1, 0.15) is 29.0 Å². The molecular weight excluding hydrogens is 264 g/mol. The zero-order valence-corrected chi connectivity index (χ0v) is 11.4. The second kappa shape index (κ2) is 5.38. The Hall–Kier alpha value is -2.28. The fraction of sp³-hybridized carbons (Fsp3) is 0.231. The number of aromatic nitrogens is 2. The molecule has 106 valence electrons. The molecule has 0 saturated heterocycles. The zero-order valence-electron chi connectivity index (χ0n) is 11.4. The van der Waals surface area contributed by atoms with Crippen molar-refractivity contribution in [1.82, 2.24) is 9.97 Å². The van der Waals surface area contributed by atoms with E-state index < -0.39 is 11.6 Å². The Kier molecular flexibility index (Phi) is 3.80. The SMILES string of the molecule is Cc1nc(NN)c(C)c(Nc2c(F)ccc(C)c2F)n1. The molecule has 0 radical (unpaired) electrons. The molecule has 0 aliphatic heterocycles. The van der Waals surface area contributed by atoms with Crippen molar-refractivity contribution < 1.29 is 8.78 Å². The van der Waals surface area contributed by atoms with Crippen molar-refractivity contribution >= 4 is 17.3 Å². The van der Waals surface area contributed by atoms with Crippen LogP contribution in [0.3, 0.4) is 0 Å². The Morgan fingerprint density at radius 3 is 2.35 bits per heavy atom. The zero-order chi connectivity index (χ0) is 14.9. The maximum Gasteiger partial charge on any atom is 0.152 e. The molecule has 0 amide bonds. The predicted octanol–water partition coefficient (Wildman–Crippen LogP) is 2.71. The summed E-state index contributed by atoms with van der Waals surface area (Å²) in [6.45, 7) is 4.92. The number of nitrogens with one attached hydrogen (secondary N) is 2. The lowest BCUT2D eigenvalue weighted by atomic mass is 10.2. The van der Waals surface area contributed by atoms with Gasteiger partial charge in [0.05, 0.1) is 0 Å². The second-order valence-corrected chi connectivity index (χ2v) is 4.42. The van der Waals surface area contributed by atoms with Gasteiger partial charge < -0.3 is 10.7 Å². The average Bonchev–Trinajstić information content (AvgIpc) is 2.42. The number of benzene rings is 1. The molecule has 0 atom stereocenters. The van der Waals surface area contributed by atoms with Gasteiger partial charge in [-0.1, -0.05) is 6.07 Å². The van der Waals surface area contributed by atoms with E-state index >= 15 is 0 Å². The van der Waals surface area contributed by atoms with Gasteiger partial charge in [0.2, 0.25) is 0 Å². The molecule has 0 saturated carbocycles. The van der Waals surface area contributed by atoms with E-state index in [1.165, 1.54) is 12.1 Å². The minimum absolute atomic E-state index is 0.242. The van der Waals surface area contributed by atoms with Gasteiger partial charge in [-0.2, -0.15) is 0 Å². The second-order valence-electron chi connectivity index (χ2n) is 4.42. The first kappa shape index (κ1) is 14.1. The van der Waals surface area contributed by atoms with Gasteiger partial charge in [0.15, 0.2) is 5.82 Å². The molecule has 4 N–H and O–H groups in total. The Morgan fingerprint density at radius 2 is 1.70 bits per heavy atom. The smallest absolute Gasteiger partial charge is 0.152 e. The van der Waals surface area contributed by atoms with Crippen molar-refractivity contribution in [3.05, 3.63) is 40.7 Å². The van der Waals surface area contributed by atoms with Crippen LogP contribution < -0.4 is 16.6 Å². The summed E-state index contributed by atoms with van der Waals surface area (Å²) in [4.78, 5) is 8.22. The van der Waals surface area contributed by atoms with E-state index in [1.807, 2.05) is 0 Å².